The maximum Gasteiger partial charge on any atom is 0.171 e. The summed E-state index contributed by atoms with van der Waals surface area (Å²) in [6.45, 7) is 3.17. The van der Waals surface area contributed by atoms with Gasteiger partial charge in [0.2, 0.25) is 0 Å². The van der Waals surface area contributed by atoms with Crippen molar-refractivity contribution in [1.29, 1.82) is 0 Å². The SMILES string of the molecule is CC(=O)CC[C@H]1C=CC2C(=O)c3ccc(O)cc3C(=O)C2[C@@]1(C)C=O. The van der Waals surface area contributed by atoms with Crippen LogP contribution in [0.3, 0.4) is 0 Å². The van der Waals surface area contributed by atoms with Crippen molar-refractivity contribution in [2.24, 2.45) is 23.2 Å². The summed E-state index contributed by atoms with van der Waals surface area (Å²) in [5.41, 5.74) is -0.617. The minimum absolute atomic E-state index is 0.0186. The first-order chi connectivity index (χ1) is 11.8. The van der Waals surface area contributed by atoms with Gasteiger partial charge in [0, 0.05) is 28.9 Å². The van der Waals surface area contributed by atoms with Gasteiger partial charge < -0.3 is 14.7 Å². The normalized spacial score (nSPS) is 30.6. The molecule has 1 aromatic carbocycles. The Kier molecular flexibility index (Phi) is 4.19. The van der Waals surface area contributed by atoms with E-state index in [1.807, 2.05) is 0 Å². The van der Waals surface area contributed by atoms with Gasteiger partial charge in [0.1, 0.15) is 17.8 Å². The number of Topliss-reactive ketones (excluding diaryl/α,β-unsaturated/α-hetero) is 3. The van der Waals surface area contributed by atoms with Crippen molar-refractivity contribution >= 4 is 23.6 Å². The lowest BCUT2D eigenvalue weighted by molar-refractivity contribution is -0.122. The highest BCUT2D eigenvalue weighted by Crippen LogP contribution is 2.50. The van der Waals surface area contributed by atoms with Gasteiger partial charge in [-0.2, -0.15) is 0 Å². The van der Waals surface area contributed by atoms with Crippen LogP contribution >= 0.6 is 0 Å². The average molecular weight is 340 g/mol. The Bertz CT molecular complexity index is 806. The number of phenolic OH excluding ortho intramolecular Hbond substituents is 1. The van der Waals surface area contributed by atoms with Gasteiger partial charge in [-0.1, -0.05) is 19.1 Å². The lowest BCUT2D eigenvalue weighted by atomic mass is 9.55. The zero-order valence-corrected chi connectivity index (χ0v) is 14.2. The fraction of sp³-hybridized carbons (Fsp3) is 0.400. The predicted molar refractivity (Wildman–Crippen MR) is 90.5 cm³/mol. The molecular weight excluding hydrogens is 320 g/mol. The molecule has 0 saturated heterocycles. The van der Waals surface area contributed by atoms with Crippen molar-refractivity contribution in [3.63, 3.8) is 0 Å². The molecule has 2 aliphatic carbocycles. The summed E-state index contributed by atoms with van der Waals surface area (Å²) in [5.74, 6) is -2.38. The van der Waals surface area contributed by atoms with Crippen molar-refractivity contribution < 1.29 is 24.3 Å². The number of fused-ring (bicyclic) bond motifs is 2. The summed E-state index contributed by atoms with van der Waals surface area (Å²) in [6.07, 6.45) is 5.03. The van der Waals surface area contributed by atoms with E-state index < -0.39 is 17.3 Å². The second-order valence-electron chi connectivity index (χ2n) is 7.18. The monoisotopic (exact) mass is 340 g/mol. The fourth-order valence-corrected chi connectivity index (χ4v) is 4.10. The molecule has 3 rings (SSSR count). The van der Waals surface area contributed by atoms with Crippen LogP contribution in [0.2, 0.25) is 0 Å². The first-order valence-corrected chi connectivity index (χ1v) is 8.35. The molecule has 2 aliphatic rings. The topological polar surface area (TPSA) is 88.5 Å². The molecule has 130 valence electrons. The third kappa shape index (κ3) is 2.64. The van der Waals surface area contributed by atoms with Crippen LogP contribution in [0.5, 0.6) is 5.75 Å². The van der Waals surface area contributed by atoms with Crippen LogP contribution in [0, 0.1) is 23.2 Å². The molecule has 25 heavy (non-hydrogen) atoms. The molecule has 0 bridgehead atoms. The Morgan fingerprint density at radius 2 is 1.92 bits per heavy atom. The van der Waals surface area contributed by atoms with Crippen LogP contribution in [-0.2, 0) is 9.59 Å². The van der Waals surface area contributed by atoms with E-state index in [4.69, 9.17) is 0 Å². The Hall–Kier alpha value is -2.56. The van der Waals surface area contributed by atoms with E-state index in [0.717, 1.165) is 6.29 Å². The number of phenols is 1. The van der Waals surface area contributed by atoms with Gasteiger partial charge in [-0.15, -0.1) is 0 Å². The van der Waals surface area contributed by atoms with E-state index in [2.05, 4.69) is 0 Å². The van der Waals surface area contributed by atoms with Crippen molar-refractivity contribution in [1.82, 2.24) is 0 Å². The Balaban J connectivity index is 2.09. The molecule has 5 nitrogen and oxygen atoms in total. The van der Waals surface area contributed by atoms with Crippen molar-refractivity contribution in [3.05, 3.63) is 41.5 Å². The highest BCUT2D eigenvalue weighted by Gasteiger charge is 2.54. The summed E-state index contributed by atoms with van der Waals surface area (Å²) >= 11 is 0. The molecule has 0 heterocycles. The van der Waals surface area contributed by atoms with Crippen LogP contribution in [-0.4, -0.2) is 28.7 Å². The van der Waals surface area contributed by atoms with Crippen molar-refractivity contribution in [3.8, 4) is 5.75 Å². The number of aromatic hydroxyl groups is 1. The summed E-state index contributed by atoms with van der Waals surface area (Å²) in [4.78, 5) is 49.2. The third-order valence-electron chi connectivity index (χ3n) is 5.56. The van der Waals surface area contributed by atoms with Crippen molar-refractivity contribution in [2.75, 3.05) is 0 Å². The smallest absolute Gasteiger partial charge is 0.171 e. The maximum absolute atomic E-state index is 13.1. The van der Waals surface area contributed by atoms with Crippen LogP contribution in [0.1, 0.15) is 47.4 Å². The molecule has 0 aliphatic heterocycles. The van der Waals surface area contributed by atoms with E-state index in [-0.39, 0.29) is 40.1 Å². The molecule has 0 fully saturated rings. The maximum atomic E-state index is 13.1. The van der Waals surface area contributed by atoms with Gasteiger partial charge in [-0.25, -0.2) is 0 Å². The van der Waals surface area contributed by atoms with E-state index in [9.17, 15) is 24.3 Å². The van der Waals surface area contributed by atoms with Crippen LogP contribution < -0.4 is 0 Å². The summed E-state index contributed by atoms with van der Waals surface area (Å²) in [6, 6.07) is 4.13. The number of hydrogen-bond donors (Lipinski definition) is 1. The molecule has 1 aromatic rings. The molecule has 0 saturated carbocycles. The number of rotatable bonds is 4. The van der Waals surface area contributed by atoms with E-state index in [1.165, 1.54) is 25.1 Å². The minimum atomic E-state index is -1.06. The van der Waals surface area contributed by atoms with Crippen LogP contribution in [0.4, 0.5) is 0 Å². The average Bonchev–Trinajstić information content (AvgIpc) is 2.58. The number of carbonyl (C=O) groups is 4. The third-order valence-corrected chi connectivity index (χ3v) is 5.56. The van der Waals surface area contributed by atoms with Gasteiger partial charge in [-0.05, 0) is 37.5 Å². The van der Waals surface area contributed by atoms with E-state index in [0.29, 0.717) is 12.8 Å². The number of benzene rings is 1. The number of aldehydes is 1. The second-order valence-corrected chi connectivity index (χ2v) is 7.18. The molecule has 0 radical (unpaired) electrons. The van der Waals surface area contributed by atoms with Gasteiger partial charge >= 0.3 is 0 Å². The Morgan fingerprint density at radius 1 is 1.20 bits per heavy atom. The Morgan fingerprint density at radius 3 is 2.56 bits per heavy atom. The summed E-state index contributed by atoms with van der Waals surface area (Å²) in [7, 11) is 0. The number of hydrogen-bond acceptors (Lipinski definition) is 5. The molecule has 4 atom stereocenters. The van der Waals surface area contributed by atoms with Gasteiger partial charge in [0.25, 0.3) is 0 Å². The van der Waals surface area contributed by atoms with Crippen molar-refractivity contribution in [2.45, 2.75) is 26.7 Å². The molecular formula is C20H20O5. The number of carbonyl (C=O) groups excluding carboxylic acids is 4. The number of allylic oxidation sites excluding steroid dienone is 2. The summed E-state index contributed by atoms with van der Waals surface area (Å²) < 4.78 is 0. The largest absolute Gasteiger partial charge is 0.508 e. The molecule has 0 amide bonds. The zero-order chi connectivity index (χ0) is 18.4. The van der Waals surface area contributed by atoms with Crippen LogP contribution in [0.15, 0.2) is 30.4 Å². The second kappa shape index (κ2) is 6.06. The quantitative estimate of drug-likeness (QED) is 0.672. The fourth-order valence-electron chi connectivity index (χ4n) is 4.10. The lowest BCUT2D eigenvalue weighted by Crippen LogP contribution is -2.51. The van der Waals surface area contributed by atoms with Crippen LogP contribution in [0.25, 0.3) is 0 Å². The van der Waals surface area contributed by atoms with E-state index in [1.54, 1.807) is 19.1 Å². The molecule has 0 spiro atoms. The highest BCUT2D eigenvalue weighted by atomic mass is 16.3. The standard InChI is InChI=1S/C20H20O5/c1-11(22)3-4-12-5-7-15-17(20(12,2)10-21)19(25)16-9-13(23)6-8-14(16)18(15)24/h5-10,12,15,17,23H,3-4H2,1-2H3/t12-,15?,17?,20-/m0/s1. The van der Waals surface area contributed by atoms with Gasteiger partial charge in [0.05, 0.1) is 5.92 Å². The first-order valence-electron chi connectivity index (χ1n) is 8.35. The van der Waals surface area contributed by atoms with Gasteiger partial charge in [0.15, 0.2) is 11.6 Å². The predicted octanol–water partition coefficient (Wildman–Crippen LogP) is 2.76. The highest BCUT2D eigenvalue weighted by molar-refractivity contribution is 6.17. The van der Waals surface area contributed by atoms with Gasteiger partial charge in [-0.3, -0.25) is 9.59 Å². The molecule has 5 heteroatoms. The summed E-state index contributed by atoms with van der Waals surface area (Å²) in [5, 5.41) is 9.69. The minimum Gasteiger partial charge on any atom is -0.508 e. The number of ketones is 3. The molecule has 1 N–H and O–H groups in total. The Labute approximate surface area is 145 Å². The molecule has 0 aromatic heterocycles. The molecule has 2 unspecified atom stereocenters. The lowest BCUT2D eigenvalue weighted by Gasteiger charge is -2.45. The van der Waals surface area contributed by atoms with E-state index >= 15 is 0 Å². The first kappa shape index (κ1) is 17.3. The zero-order valence-electron chi connectivity index (χ0n) is 14.2.